The van der Waals surface area contributed by atoms with Gasteiger partial charge in [0.2, 0.25) is 0 Å². The number of hydrogen-bond acceptors (Lipinski definition) is 4. The van der Waals surface area contributed by atoms with Gasteiger partial charge in [0.05, 0.1) is 24.8 Å². The summed E-state index contributed by atoms with van der Waals surface area (Å²) in [6.45, 7) is 2.84. The Morgan fingerprint density at radius 3 is 2.75 bits per heavy atom. The van der Waals surface area contributed by atoms with Crippen LogP contribution in [0.15, 0.2) is 18.2 Å². The van der Waals surface area contributed by atoms with E-state index in [1.54, 1.807) is 18.2 Å². The maximum Gasteiger partial charge on any atom is 0.152 e. The number of ether oxygens (including phenoxy) is 1. The number of anilines is 1. The highest BCUT2D eigenvalue weighted by Crippen LogP contribution is 2.21. The third-order valence-corrected chi connectivity index (χ3v) is 2.64. The number of benzene rings is 1. The molecule has 0 amide bonds. The molecule has 0 bridgehead atoms. The van der Waals surface area contributed by atoms with E-state index in [4.69, 9.17) is 10.00 Å². The molecule has 0 atom stereocenters. The molecule has 0 spiro atoms. The predicted molar refractivity (Wildman–Crippen MR) is 59.6 cm³/mol. The fraction of sp³-hybridized carbons (Fsp3) is 0.333. The van der Waals surface area contributed by atoms with Gasteiger partial charge in [0, 0.05) is 24.3 Å². The van der Waals surface area contributed by atoms with Crippen molar-refractivity contribution in [2.75, 3.05) is 31.2 Å². The molecular weight excluding hydrogens is 204 g/mol. The van der Waals surface area contributed by atoms with Gasteiger partial charge in [-0.25, -0.2) is 0 Å². The fourth-order valence-electron chi connectivity index (χ4n) is 1.79. The summed E-state index contributed by atoms with van der Waals surface area (Å²) < 4.78 is 5.26. The van der Waals surface area contributed by atoms with E-state index >= 15 is 0 Å². The van der Waals surface area contributed by atoms with Gasteiger partial charge < -0.3 is 9.64 Å². The van der Waals surface area contributed by atoms with Crippen LogP contribution in [0.5, 0.6) is 0 Å². The van der Waals surface area contributed by atoms with Crippen molar-refractivity contribution in [3.05, 3.63) is 29.3 Å². The average Bonchev–Trinajstić information content (AvgIpc) is 2.39. The molecule has 0 radical (unpaired) electrons. The molecule has 0 saturated carbocycles. The highest BCUT2D eigenvalue weighted by Gasteiger charge is 2.14. The molecule has 1 aliphatic heterocycles. The zero-order valence-corrected chi connectivity index (χ0v) is 8.85. The Morgan fingerprint density at radius 2 is 2.12 bits per heavy atom. The van der Waals surface area contributed by atoms with Crippen molar-refractivity contribution < 1.29 is 9.53 Å². The Balaban J connectivity index is 2.36. The molecule has 1 aromatic rings. The Labute approximate surface area is 94.0 Å². The summed E-state index contributed by atoms with van der Waals surface area (Å²) in [4.78, 5) is 13.0. The lowest BCUT2D eigenvalue weighted by atomic mass is 10.1. The predicted octanol–water partition coefficient (Wildman–Crippen LogP) is 1.21. The standard InChI is InChI=1S/C12H12N2O2/c13-8-10-1-2-11(9-15)12(7-10)14-3-5-16-6-4-14/h1-2,7,9H,3-6H2. The van der Waals surface area contributed by atoms with Crippen LogP contribution in [0.25, 0.3) is 0 Å². The summed E-state index contributed by atoms with van der Waals surface area (Å²) in [6, 6.07) is 7.19. The van der Waals surface area contributed by atoms with Crippen LogP contribution in [0.3, 0.4) is 0 Å². The second kappa shape index (κ2) is 4.77. The molecule has 16 heavy (non-hydrogen) atoms. The SMILES string of the molecule is N#Cc1ccc(C=O)c(N2CCOCC2)c1. The number of carbonyl (C=O) groups is 1. The summed E-state index contributed by atoms with van der Waals surface area (Å²) in [5.41, 5.74) is 2.03. The van der Waals surface area contributed by atoms with E-state index < -0.39 is 0 Å². The molecule has 1 saturated heterocycles. The van der Waals surface area contributed by atoms with Crippen LogP contribution >= 0.6 is 0 Å². The van der Waals surface area contributed by atoms with Crippen LogP contribution in [-0.4, -0.2) is 32.6 Å². The normalized spacial score (nSPS) is 15.6. The summed E-state index contributed by atoms with van der Waals surface area (Å²) >= 11 is 0. The topological polar surface area (TPSA) is 53.3 Å². The molecule has 4 heteroatoms. The van der Waals surface area contributed by atoms with Gasteiger partial charge in [-0.1, -0.05) is 0 Å². The lowest BCUT2D eigenvalue weighted by molar-refractivity contribution is 0.111. The average molecular weight is 216 g/mol. The van der Waals surface area contributed by atoms with E-state index in [-0.39, 0.29) is 0 Å². The van der Waals surface area contributed by atoms with Gasteiger partial charge in [-0.05, 0) is 18.2 Å². The fourth-order valence-corrected chi connectivity index (χ4v) is 1.79. The molecule has 82 valence electrons. The maximum atomic E-state index is 10.9. The maximum absolute atomic E-state index is 10.9. The highest BCUT2D eigenvalue weighted by molar-refractivity contribution is 5.85. The second-order valence-corrected chi connectivity index (χ2v) is 3.60. The molecule has 1 aromatic carbocycles. The van der Waals surface area contributed by atoms with Crippen molar-refractivity contribution >= 4 is 12.0 Å². The van der Waals surface area contributed by atoms with E-state index in [1.807, 2.05) is 0 Å². The number of carbonyl (C=O) groups excluding carboxylic acids is 1. The van der Waals surface area contributed by atoms with Gasteiger partial charge >= 0.3 is 0 Å². The Hall–Kier alpha value is -1.86. The van der Waals surface area contributed by atoms with Crippen LogP contribution in [0.4, 0.5) is 5.69 Å². The smallest absolute Gasteiger partial charge is 0.152 e. The third-order valence-electron chi connectivity index (χ3n) is 2.64. The van der Waals surface area contributed by atoms with Crippen LogP contribution in [0, 0.1) is 11.3 Å². The highest BCUT2D eigenvalue weighted by atomic mass is 16.5. The molecule has 2 rings (SSSR count). The minimum atomic E-state index is 0.576. The molecule has 0 aliphatic carbocycles. The van der Waals surface area contributed by atoms with E-state index in [1.165, 1.54) is 0 Å². The molecule has 4 nitrogen and oxygen atoms in total. The minimum absolute atomic E-state index is 0.576. The number of morpholine rings is 1. The molecule has 0 N–H and O–H groups in total. The largest absolute Gasteiger partial charge is 0.378 e. The van der Waals surface area contributed by atoms with Gasteiger partial charge in [-0.2, -0.15) is 5.26 Å². The zero-order valence-electron chi connectivity index (χ0n) is 8.85. The van der Waals surface area contributed by atoms with Gasteiger partial charge in [-0.3, -0.25) is 4.79 Å². The van der Waals surface area contributed by atoms with Gasteiger partial charge in [0.1, 0.15) is 0 Å². The first-order chi connectivity index (χ1) is 7.85. The summed E-state index contributed by atoms with van der Waals surface area (Å²) in [7, 11) is 0. The first-order valence-corrected chi connectivity index (χ1v) is 5.17. The lowest BCUT2D eigenvalue weighted by Crippen LogP contribution is -2.36. The summed E-state index contributed by atoms with van der Waals surface area (Å²) in [5.74, 6) is 0. The lowest BCUT2D eigenvalue weighted by Gasteiger charge is -2.29. The van der Waals surface area contributed by atoms with Crippen molar-refractivity contribution in [3.8, 4) is 6.07 Å². The molecule has 1 heterocycles. The van der Waals surface area contributed by atoms with Crippen molar-refractivity contribution in [3.63, 3.8) is 0 Å². The van der Waals surface area contributed by atoms with Crippen molar-refractivity contribution in [1.29, 1.82) is 5.26 Å². The van der Waals surface area contributed by atoms with E-state index in [0.29, 0.717) is 24.3 Å². The van der Waals surface area contributed by atoms with Crippen molar-refractivity contribution in [2.24, 2.45) is 0 Å². The third kappa shape index (κ3) is 2.05. The number of aldehydes is 1. The van der Waals surface area contributed by atoms with Crippen LogP contribution < -0.4 is 4.90 Å². The van der Waals surface area contributed by atoms with Crippen molar-refractivity contribution in [1.82, 2.24) is 0 Å². The number of hydrogen-bond donors (Lipinski definition) is 0. The Bertz CT molecular complexity index is 431. The number of rotatable bonds is 2. The molecule has 0 aromatic heterocycles. The number of nitrogens with zero attached hydrogens (tertiary/aromatic N) is 2. The molecule has 1 fully saturated rings. The molecular formula is C12H12N2O2. The zero-order chi connectivity index (χ0) is 11.4. The molecule has 1 aliphatic rings. The van der Waals surface area contributed by atoms with Gasteiger partial charge in [0.15, 0.2) is 6.29 Å². The van der Waals surface area contributed by atoms with Gasteiger partial charge in [-0.15, -0.1) is 0 Å². The summed E-state index contributed by atoms with van der Waals surface area (Å²) in [5, 5.41) is 8.84. The van der Waals surface area contributed by atoms with E-state index in [2.05, 4.69) is 11.0 Å². The van der Waals surface area contributed by atoms with Crippen molar-refractivity contribution in [2.45, 2.75) is 0 Å². The Morgan fingerprint density at radius 1 is 1.38 bits per heavy atom. The van der Waals surface area contributed by atoms with Crippen LogP contribution in [0.2, 0.25) is 0 Å². The number of nitriles is 1. The summed E-state index contributed by atoms with van der Waals surface area (Å²) in [6.07, 6.45) is 0.825. The quantitative estimate of drug-likeness (QED) is 0.697. The van der Waals surface area contributed by atoms with E-state index in [0.717, 1.165) is 25.1 Å². The molecule has 0 unspecified atom stereocenters. The van der Waals surface area contributed by atoms with E-state index in [9.17, 15) is 4.79 Å². The monoisotopic (exact) mass is 216 g/mol. The minimum Gasteiger partial charge on any atom is -0.378 e. The first-order valence-electron chi connectivity index (χ1n) is 5.17. The second-order valence-electron chi connectivity index (χ2n) is 3.60. The Kier molecular flexibility index (Phi) is 3.18. The van der Waals surface area contributed by atoms with Gasteiger partial charge in [0.25, 0.3) is 0 Å². The van der Waals surface area contributed by atoms with Crippen LogP contribution in [0.1, 0.15) is 15.9 Å². The first kappa shape index (κ1) is 10.7. The van der Waals surface area contributed by atoms with Crippen LogP contribution in [-0.2, 0) is 4.74 Å².